The zero-order valence-corrected chi connectivity index (χ0v) is 12.8. The van der Waals surface area contributed by atoms with E-state index in [1.54, 1.807) is 7.11 Å². The Labute approximate surface area is 117 Å². The fraction of sp³-hybridized carbons (Fsp3) is 0.647. The van der Waals surface area contributed by atoms with Crippen molar-refractivity contribution in [3.05, 3.63) is 29.3 Å². The van der Waals surface area contributed by atoms with Crippen molar-refractivity contribution in [2.75, 3.05) is 7.11 Å². The number of hydrogen-bond acceptors (Lipinski definition) is 2. The quantitative estimate of drug-likeness (QED) is 0.869. The number of rotatable bonds is 2. The third-order valence-electron chi connectivity index (χ3n) is 4.33. The zero-order valence-electron chi connectivity index (χ0n) is 12.8. The van der Waals surface area contributed by atoms with Crippen LogP contribution >= 0.6 is 0 Å². The molecule has 106 valence electrons. The Kier molecular flexibility index (Phi) is 3.91. The van der Waals surface area contributed by atoms with Crippen molar-refractivity contribution in [3.8, 4) is 5.75 Å². The monoisotopic (exact) mass is 261 g/mol. The molecule has 1 aromatic carbocycles. The number of methoxy groups -OCH3 is 1. The summed E-state index contributed by atoms with van der Waals surface area (Å²) in [4.78, 5) is 0. The van der Waals surface area contributed by atoms with Crippen molar-refractivity contribution in [1.82, 2.24) is 0 Å². The Bertz CT molecular complexity index is 439. The maximum atomic E-state index is 6.64. The molecule has 0 unspecified atom stereocenters. The smallest absolute Gasteiger partial charge is 0.122 e. The van der Waals surface area contributed by atoms with Gasteiger partial charge in [-0.15, -0.1) is 0 Å². The Balaban J connectivity index is 2.43. The fourth-order valence-corrected chi connectivity index (χ4v) is 3.08. The van der Waals surface area contributed by atoms with E-state index >= 15 is 0 Å². The third kappa shape index (κ3) is 2.94. The van der Waals surface area contributed by atoms with Crippen LogP contribution in [0.1, 0.15) is 64.0 Å². The fourth-order valence-electron chi connectivity index (χ4n) is 3.08. The summed E-state index contributed by atoms with van der Waals surface area (Å²) in [6.45, 7) is 6.66. The van der Waals surface area contributed by atoms with E-state index in [9.17, 15) is 0 Å². The highest BCUT2D eigenvalue weighted by Gasteiger charge is 2.31. The van der Waals surface area contributed by atoms with Gasteiger partial charge in [-0.2, -0.15) is 0 Å². The van der Waals surface area contributed by atoms with Crippen molar-refractivity contribution in [1.29, 1.82) is 0 Å². The standard InChI is InChI=1S/C17H27NO/c1-16(2,3)14-12-13(8-9-15(14)19-4)17(18)10-6-5-7-11-17/h8-9,12H,5-7,10-11,18H2,1-4H3. The number of benzene rings is 1. The lowest BCUT2D eigenvalue weighted by Gasteiger charge is -2.35. The number of hydrogen-bond donors (Lipinski definition) is 1. The van der Waals surface area contributed by atoms with Crippen LogP contribution in [0, 0.1) is 0 Å². The first-order chi connectivity index (χ1) is 8.87. The Morgan fingerprint density at radius 1 is 1.11 bits per heavy atom. The predicted octanol–water partition coefficient (Wildman–Crippen LogP) is 4.11. The van der Waals surface area contributed by atoms with Gasteiger partial charge in [0.25, 0.3) is 0 Å². The Morgan fingerprint density at radius 3 is 2.26 bits per heavy atom. The Hall–Kier alpha value is -1.02. The van der Waals surface area contributed by atoms with Crippen molar-refractivity contribution < 1.29 is 4.74 Å². The molecule has 2 rings (SSSR count). The van der Waals surface area contributed by atoms with E-state index < -0.39 is 0 Å². The molecule has 0 heterocycles. The minimum absolute atomic E-state index is 0.0758. The molecule has 0 atom stereocenters. The lowest BCUT2D eigenvalue weighted by Crippen LogP contribution is -2.38. The highest BCUT2D eigenvalue weighted by molar-refractivity contribution is 5.43. The second kappa shape index (κ2) is 5.16. The van der Waals surface area contributed by atoms with Crippen LogP contribution in [0.2, 0.25) is 0 Å². The summed E-state index contributed by atoms with van der Waals surface area (Å²) in [5.41, 5.74) is 9.11. The molecule has 2 N–H and O–H groups in total. The van der Waals surface area contributed by atoms with Crippen molar-refractivity contribution in [2.45, 2.75) is 63.8 Å². The van der Waals surface area contributed by atoms with Gasteiger partial charge in [-0.1, -0.05) is 46.1 Å². The van der Waals surface area contributed by atoms with Crippen LogP contribution < -0.4 is 10.5 Å². The van der Waals surface area contributed by atoms with Gasteiger partial charge in [-0.25, -0.2) is 0 Å². The van der Waals surface area contributed by atoms with Gasteiger partial charge in [0.2, 0.25) is 0 Å². The molecular formula is C17H27NO. The number of nitrogens with two attached hydrogens (primary N) is 1. The van der Waals surface area contributed by atoms with Gasteiger partial charge in [0.1, 0.15) is 5.75 Å². The van der Waals surface area contributed by atoms with Gasteiger partial charge in [0.15, 0.2) is 0 Å². The van der Waals surface area contributed by atoms with Crippen LogP contribution in [-0.4, -0.2) is 7.11 Å². The van der Waals surface area contributed by atoms with E-state index in [0.29, 0.717) is 0 Å². The molecule has 0 aliphatic heterocycles. The molecule has 1 saturated carbocycles. The van der Waals surface area contributed by atoms with E-state index in [2.05, 4.69) is 39.0 Å². The maximum Gasteiger partial charge on any atom is 0.122 e. The molecule has 0 spiro atoms. The SMILES string of the molecule is COc1ccc(C2(N)CCCCC2)cc1C(C)(C)C. The highest BCUT2D eigenvalue weighted by atomic mass is 16.5. The zero-order chi connectivity index (χ0) is 14.1. The van der Waals surface area contributed by atoms with Crippen LogP contribution in [0.4, 0.5) is 0 Å². The van der Waals surface area contributed by atoms with Crippen LogP contribution in [0.15, 0.2) is 18.2 Å². The van der Waals surface area contributed by atoms with Crippen LogP contribution in [0.25, 0.3) is 0 Å². The normalized spacial score (nSPS) is 19.2. The molecule has 0 bridgehead atoms. The third-order valence-corrected chi connectivity index (χ3v) is 4.33. The first-order valence-corrected chi connectivity index (χ1v) is 7.35. The summed E-state index contributed by atoms with van der Waals surface area (Å²) in [5.74, 6) is 0.968. The molecule has 2 nitrogen and oxygen atoms in total. The van der Waals surface area contributed by atoms with Gasteiger partial charge < -0.3 is 10.5 Å². The lowest BCUT2D eigenvalue weighted by molar-refractivity contribution is 0.301. The van der Waals surface area contributed by atoms with E-state index in [0.717, 1.165) is 18.6 Å². The van der Waals surface area contributed by atoms with Gasteiger partial charge >= 0.3 is 0 Å². The molecule has 0 saturated heterocycles. The van der Waals surface area contributed by atoms with Crippen LogP contribution in [0.5, 0.6) is 5.75 Å². The Morgan fingerprint density at radius 2 is 1.74 bits per heavy atom. The summed E-state index contributed by atoms with van der Waals surface area (Å²) in [5, 5.41) is 0. The minimum Gasteiger partial charge on any atom is -0.496 e. The molecule has 1 aliphatic carbocycles. The summed E-state index contributed by atoms with van der Waals surface area (Å²) in [6, 6.07) is 6.50. The molecule has 2 heteroatoms. The van der Waals surface area contributed by atoms with Crippen molar-refractivity contribution in [3.63, 3.8) is 0 Å². The van der Waals surface area contributed by atoms with Crippen LogP contribution in [-0.2, 0) is 11.0 Å². The number of ether oxygens (including phenoxy) is 1. The summed E-state index contributed by atoms with van der Waals surface area (Å²) >= 11 is 0. The average molecular weight is 261 g/mol. The average Bonchev–Trinajstić information content (AvgIpc) is 2.38. The molecule has 19 heavy (non-hydrogen) atoms. The van der Waals surface area contributed by atoms with Crippen molar-refractivity contribution in [2.24, 2.45) is 5.73 Å². The molecule has 1 aliphatic rings. The second-order valence-corrected chi connectivity index (χ2v) is 6.88. The summed E-state index contributed by atoms with van der Waals surface area (Å²) in [6.07, 6.45) is 6.01. The maximum absolute atomic E-state index is 6.64. The molecular weight excluding hydrogens is 234 g/mol. The molecule has 0 aromatic heterocycles. The van der Waals surface area contributed by atoms with Gasteiger partial charge in [0, 0.05) is 5.54 Å². The predicted molar refractivity (Wildman–Crippen MR) is 80.6 cm³/mol. The van der Waals surface area contributed by atoms with Gasteiger partial charge in [0.05, 0.1) is 7.11 Å². The van der Waals surface area contributed by atoms with E-state index in [1.807, 2.05) is 0 Å². The van der Waals surface area contributed by atoms with Gasteiger partial charge in [-0.05, 0) is 41.5 Å². The summed E-state index contributed by atoms with van der Waals surface area (Å²) in [7, 11) is 1.74. The molecule has 1 fully saturated rings. The van der Waals surface area contributed by atoms with E-state index in [-0.39, 0.29) is 11.0 Å². The second-order valence-electron chi connectivity index (χ2n) is 6.88. The largest absolute Gasteiger partial charge is 0.496 e. The van der Waals surface area contributed by atoms with Gasteiger partial charge in [-0.3, -0.25) is 0 Å². The lowest BCUT2D eigenvalue weighted by atomic mass is 9.75. The first-order valence-electron chi connectivity index (χ1n) is 7.35. The molecule has 0 amide bonds. The van der Waals surface area contributed by atoms with Crippen LogP contribution in [0.3, 0.4) is 0 Å². The summed E-state index contributed by atoms with van der Waals surface area (Å²) < 4.78 is 5.51. The van der Waals surface area contributed by atoms with E-state index in [1.165, 1.54) is 30.4 Å². The van der Waals surface area contributed by atoms with E-state index in [4.69, 9.17) is 10.5 Å². The van der Waals surface area contributed by atoms with Crippen molar-refractivity contribution >= 4 is 0 Å². The topological polar surface area (TPSA) is 35.2 Å². The molecule has 0 radical (unpaired) electrons. The molecule has 1 aromatic rings. The highest BCUT2D eigenvalue weighted by Crippen LogP contribution is 2.39. The first kappa shape index (κ1) is 14.4. The minimum atomic E-state index is -0.134.